The third-order valence-corrected chi connectivity index (χ3v) is 4.52. The molecular formula is C21H20FN3O3. The summed E-state index contributed by atoms with van der Waals surface area (Å²) >= 11 is 0. The molecule has 3 heterocycles. The molecule has 144 valence electrons. The monoisotopic (exact) mass is 381 g/mol. The molecular weight excluding hydrogens is 361 g/mol. The van der Waals surface area contributed by atoms with E-state index in [1.54, 1.807) is 18.3 Å². The van der Waals surface area contributed by atoms with E-state index in [2.05, 4.69) is 15.2 Å². The van der Waals surface area contributed by atoms with Crippen molar-refractivity contribution in [3.8, 4) is 5.75 Å². The van der Waals surface area contributed by atoms with Crippen LogP contribution in [-0.2, 0) is 6.61 Å². The summed E-state index contributed by atoms with van der Waals surface area (Å²) in [5.74, 6) is 1.44. The third kappa shape index (κ3) is 4.31. The number of rotatable bonds is 6. The zero-order valence-electron chi connectivity index (χ0n) is 15.2. The van der Waals surface area contributed by atoms with Crippen molar-refractivity contribution in [1.29, 1.82) is 0 Å². The Labute approximate surface area is 161 Å². The van der Waals surface area contributed by atoms with Crippen molar-refractivity contribution in [2.75, 3.05) is 23.3 Å². The number of anilines is 2. The first-order valence-electron chi connectivity index (χ1n) is 9.17. The molecule has 7 heteroatoms. The number of amides is 1. The van der Waals surface area contributed by atoms with E-state index in [0.29, 0.717) is 17.2 Å². The topological polar surface area (TPSA) is 67.6 Å². The normalized spacial score (nSPS) is 13.5. The van der Waals surface area contributed by atoms with Gasteiger partial charge in [0.05, 0.1) is 11.9 Å². The van der Waals surface area contributed by atoms with Crippen molar-refractivity contribution in [2.45, 2.75) is 19.4 Å². The van der Waals surface area contributed by atoms with Crippen LogP contribution in [0.15, 0.2) is 59.1 Å². The molecule has 0 bridgehead atoms. The van der Waals surface area contributed by atoms with Crippen LogP contribution in [0.1, 0.15) is 29.2 Å². The molecule has 1 N–H and O–H groups in total. The lowest BCUT2D eigenvalue weighted by Gasteiger charge is -2.16. The van der Waals surface area contributed by atoms with E-state index in [9.17, 15) is 9.18 Å². The second-order valence-corrected chi connectivity index (χ2v) is 6.56. The van der Waals surface area contributed by atoms with E-state index in [1.165, 1.54) is 37.1 Å². The molecule has 4 rings (SSSR count). The predicted molar refractivity (Wildman–Crippen MR) is 103 cm³/mol. The molecule has 3 aromatic rings. The molecule has 1 amide bonds. The quantitative estimate of drug-likeness (QED) is 0.692. The van der Waals surface area contributed by atoms with Gasteiger partial charge in [0.2, 0.25) is 0 Å². The molecule has 28 heavy (non-hydrogen) atoms. The summed E-state index contributed by atoms with van der Waals surface area (Å²) in [5, 5.41) is 2.77. The van der Waals surface area contributed by atoms with Crippen molar-refractivity contribution in [1.82, 2.24) is 4.98 Å². The summed E-state index contributed by atoms with van der Waals surface area (Å²) in [6, 6.07) is 12.7. The van der Waals surface area contributed by atoms with Crippen LogP contribution >= 0.6 is 0 Å². The lowest BCUT2D eigenvalue weighted by atomic mass is 10.3. The van der Waals surface area contributed by atoms with Gasteiger partial charge in [-0.2, -0.15) is 0 Å². The highest BCUT2D eigenvalue weighted by Gasteiger charge is 2.15. The van der Waals surface area contributed by atoms with Crippen molar-refractivity contribution in [2.24, 2.45) is 0 Å². The van der Waals surface area contributed by atoms with Crippen molar-refractivity contribution < 1.29 is 18.3 Å². The van der Waals surface area contributed by atoms with Crippen LogP contribution in [0.2, 0.25) is 0 Å². The summed E-state index contributed by atoms with van der Waals surface area (Å²) in [5.41, 5.74) is 0.605. The third-order valence-electron chi connectivity index (χ3n) is 4.52. The Balaban J connectivity index is 1.33. The van der Waals surface area contributed by atoms with E-state index in [4.69, 9.17) is 9.15 Å². The maximum Gasteiger partial charge on any atom is 0.291 e. The van der Waals surface area contributed by atoms with E-state index < -0.39 is 0 Å². The number of nitrogens with one attached hydrogen (secondary N) is 1. The minimum atomic E-state index is -0.358. The van der Waals surface area contributed by atoms with Crippen LogP contribution in [0.25, 0.3) is 0 Å². The molecule has 0 aliphatic carbocycles. The van der Waals surface area contributed by atoms with Crippen LogP contribution in [0, 0.1) is 5.82 Å². The smallest absolute Gasteiger partial charge is 0.291 e. The van der Waals surface area contributed by atoms with Gasteiger partial charge in [-0.05, 0) is 61.4 Å². The number of hydrogen-bond donors (Lipinski definition) is 1. The summed E-state index contributed by atoms with van der Waals surface area (Å²) in [6.45, 7) is 2.19. The van der Waals surface area contributed by atoms with Gasteiger partial charge in [-0.1, -0.05) is 0 Å². The number of furan rings is 1. The number of pyridine rings is 1. The zero-order chi connectivity index (χ0) is 19.3. The number of carbonyl (C=O) groups is 1. The Morgan fingerprint density at radius 2 is 1.89 bits per heavy atom. The Hall–Kier alpha value is -3.35. The average Bonchev–Trinajstić information content (AvgIpc) is 3.40. The van der Waals surface area contributed by atoms with E-state index in [-0.39, 0.29) is 24.1 Å². The van der Waals surface area contributed by atoms with Crippen molar-refractivity contribution >= 4 is 17.4 Å². The second-order valence-electron chi connectivity index (χ2n) is 6.56. The zero-order valence-corrected chi connectivity index (χ0v) is 15.2. The van der Waals surface area contributed by atoms with Crippen LogP contribution in [0.4, 0.5) is 15.9 Å². The first-order valence-corrected chi connectivity index (χ1v) is 9.17. The SMILES string of the molecule is O=C(Nc1ccc(N2CCCC2)nc1)c1ccc(COc2ccc(F)cc2)o1. The summed E-state index contributed by atoms with van der Waals surface area (Å²) in [4.78, 5) is 19.0. The number of aromatic nitrogens is 1. The highest BCUT2D eigenvalue weighted by atomic mass is 19.1. The molecule has 1 aromatic carbocycles. The molecule has 0 spiro atoms. The molecule has 0 atom stereocenters. The molecule has 1 aliphatic rings. The molecule has 1 aliphatic heterocycles. The molecule has 2 aromatic heterocycles. The van der Waals surface area contributed by atoms with Gasteiger partial charge >= 0.3 is 0 Å². The predicted octanol–water partition coefficient (Wildman–Crippen LogP) is 4.25. The van der Waals surface area contributed by atoms with Crippen LogP contribution in [-0.4, -0.2) is 24.0 Å². The number of benzene rings is 1. The van der Waals surface area contributed by atoms with Crippen LogP contribution < -0.4 is 15.0 Å². The maximum absolute atomic E-state index is 12.9. The number of hydrogen-bond acceptors (Lipinski definition) is 5. The summed E-state index contributed by atoms with van der Waals surface area (Å²) in [7, 11) is 0. The molecule has 6 nitrogen and oxygen atoms in total. The summed E-state index contributed by atoms with van der Waals surface area (Å²) < 4.78 is 23.9. The number of ether oxygens (including phenoxy) is 1. The Morgan fingerprint density at radius 3 is 2.61 bits per heavy atom. The Kier molecular flexibility index (Phi) is 5.23. The van der Waals surface area contributed by atoms with Gasteiger partial charge in [-0.3, -0.25) is 4.79 Å². The van der Waals surface area contributed by atoms with E-state index in [0.717, 1.165) is 18.9 Å². The fourth-order valence-electron chi connectivity index (χ4n) is 3.05. The minimum absolute atomic E-state index is 0.144. The van der Waals surface area contributed by atoms with Crippen molar-refractivity contribution in [3.05, 3.63) is 72.1 Å². The van der Waals surface area contributed by atoms with Gasteiger partial charge in [0.15, 0.2) is 5.76 Å². The minimum Gasteiger partial charge on any atom is -0.486 e. The van der Waals surface area contributed by atoms with Gasteiger partial charge in [0.25, 0.3) is 5.91 Å². The largest absolute Gasteiger partial charge is 0.486 e. The summed E-state index contributed by atoms with van der Waals surface area (Å²) in [6.07, 6.45) is 4.02. The second kappa shape index (κ2) is 8.12. The first kappa shape index (κ1) is 18.0. The van der Waals surface area contributed by atoms with Gasteiger partial charge in [0.1, 0.15) is 29.8 Å². The van der Waals surface area contributed by atoms with E-state index in [1.807, 2.05) is 12.1 Å². The molecule has 0 unspecified atom stereocenters. The standard InChI is InChI=1S/C21H20FN3O3/c22-15-3-6-17(7-4-15)27-14-18-8-9-19(28-18)21(26)24-16-5-10-20(23-13-16)25-11-1-2-12-25/h3-10,13H,1-2,11-12,14H2,(H,24,26). The van der Waals surface area contributed by atoms with Crippen LogP contribution in [0.3, 0.4) is 0 Å². The van der Waals surface area contributed by atoms with Crippen LogP contribution in [0.5, 0.6) is 5.75 Å². The number of nitrogens with zero attached hydrogens (tertiary/aromatic N) is 2. The van der Waals surface area contributed by atoms with Crippen molar-refractivity contribution in [3.63, 3.8) is 0 Å². The highest BCUT2D eigenvalue weighted by Crippen LogP contribution is 2.20. The van der Waals surface area contributed by atoms with Gasteiger partial charge < -0.3 is 19.4 Å². The molecule has 1 fully saturated rings. The maximum atomic E-state index is 12.9. The van der Waals surface area contributed by atoms with Gasteiger partial charge in [-0.15, -0.1) is 0 Å². The lowest BCUT2D eigenvalue weighted by Crippen LogP contribution is -2.19. The Morgan fingerprint density at radius 1 is 1.11 bits per heavy atom. The fourth-order valence-corrected chi connectivity index (χ4v) is 3.05. The molecule has 0 saturated carbocycles. The number of carbonyl (C=O) groups excluding carboxylic acids is 1. The lowest BCUT2D eigenvalue weighted by molar-refractivity contribution is 0.0992. The van der Waals surface area contributed by atoms with E-state index >= 15 is 0 Å². The van der Waals surface area contributed by atoms with Gasteiger partial charge in [0, 0.05) is 13.1 Å². The molecule has 1 saturated heterocycles. The number of halogens is 1. The first-order chi connectivity index (χ1) is 13.7. The fraction of sp³-hybridized carbons (Fsp3) is 0.238. The Bertz CT molecular complexity index is 932. The molecule has 0 radical (unpaired) electrons. The van der Waals surface area contributed by atoms with Gasteiger partial charge in [-0.25, -0.2) is 9.37 Å². The average molecular weight is 381 g/mol. The highest BCUT2D eigenvalue weighted by molar-refractivity contribution is 6.02.